The monoisotopic (exact) mass is 432 g/mol. The van der Waals surface area contributed by atoms with E-state index in [2.05, 4.69) is 28.9 Å². The summed E-state index contributed by atoms with van der Waals surface area (Å²) in [5, 5.41) is 9.78. The van der Waals surface area contributed by atoms with Crippen LogP contribution in [0.1, 0.15) is 42.3 Å². The molecule has 0 atom stereocenters. The summed E-state index contributed by atoms with van der Waals surface area (Å²) in [6, 6.07) is 3.85. The maximum atomic E-state index is 13.5. The summed E-state index contributed by atoms with van der Waals surface area (Å²) < 4.78 is 2.97. The number of hydrogen-bond acceptors (Lipinski definition) is 6. The Morgan fingerprint density at radius 2 is 2.03 bits per heavy atom. The zero-order valence-electron chi connectivity index (χ0n) is 17.0. The van der Waals surface area contributed by atoms with E-state index < -0.39 is 0 Å². The van der Waals surface area contributed by atoms with Gasteiger partial charge in [-0.15, -0.1) is 10.2 Å². The van der Waals surface area contributed by atoms with E-state index in [1.54, 1.807) is 4.90 Å². The number of nitrogens with zero attached hydrogens (tertiary/aromatic N) is 6. The number of halogens is 1. The van der Waals surface area contributed by atoms with Crippen LogP contribution in [0, 0.1) is 6.92 Å². The van der Waals surface area contributed by atoms with Crippen molar-refractivity contribution in [1.82, 2.24) is 24.6 Å². The third-order valence-electron chi connectivity index (χ3n) is 5.55. The van der Waals surface area contributed by atoms with Gasteiger partial charge in [0.05, 0.1) is 10.2 Å². The minimum atomic E-state index is -0.138. The first-order valence-corrected chi connectivity index (χ1v) is 11.2. The number of carbonyl (C=O) groups excluding carboxylic acids is 1. The summed E-state index contributed by atoms with van der Waals surface area (Å²) in [7, 11) is 0. The van der Waals surface area contributed by atoms with Crippen LogP contribution in [-0.2, 0) is 13.0 Å². The molecule has 1 aromatic carbocycles. The van der Waals surface area contributed by atoms with Crippen molar-refractivity contribution in [1.29, 1.82) is 0 Å². The molecule has 0 fully saturated rings. The summed E-state index contributed by atoms with van der Waals surface area (Å²) in [6.45, 7) is 10.2. The maximum Gasteiger partial charge on any atom is 0.298 e. The van der Waals surface area contributed by atoms with Crippen LogP contribution in [0.5, 0.6) is 0 Å². The number of aryl methyl sites for hydroxylation is 2. The molecule has 154 valence electrons. The molecule has 0 radical (unpaired) electrons. The van der Waals surface area contributed by atoms with E-state index >= 15 is 0 Å². The Kier molecular flexibility index (Phi) is 5.85. The van der Waals surface area contributed by atoms with E-state index in [4.69, 9.17) is 16.6 Å². The van der Waals surface area contributed by atoms with E-state index in [1.807, 2.05) is 23.6 Å². The average Bonchev–Trinajstić information content (AvgIpc) is 3.43. The van der Waals surface area contributed by atoms with Crippen LogP contribution in [0.2, 0.25) is 5.02 Å². The fraction of sp³-hybridized carbons (Fsp3) is 0.500. The van der Waals surface area contributed by atoms with Crippen molar-refractivity contribution in [3.63, 3.8) is 0 Å². The van der Waals surface area contributed by atoms with Crippen molar-refractivity contribution < 1.29 is 4.79 Å². The molecule has 3 aromatic rings. The standard InChI is InChI=1S/C20H25ClN6OS/c1-4-25(5-2)11-12-27(19(28)18-24-23-16-7-6-10-26(16)18)20-22-17-13(3)14(21)8-9-15(17)29-20/h8-9H,4-7,10-12H2,1-3H3. The van der Waals surface area contributed by atoms with Crippen LogP contribution in [0.25, 0.3) is 10.2 Å². The van der Waals surface area contributed by atoms with Crippen LogP contribution in [0.3, 0.4) is 0 Å². The lowest BCUT2D eigenvalue weighted by molar-refractivity contribution is 0.0969. The third-order valence-corrected chi connectivity index (χ3v) is 7.00. The van der Waals surface area contributed by atoms with Crippen molar-refractivity contribution in [2.24, 2.45) is 0 Å². The van der Waals surface area contributed by atoms with Crippen LogP contribution in [0.4, 0.5) is 5.13 Å². The molecule has 0 unspecified atom stereocenters. The molecule has 0 aliphatic carbocycles. The average molecular weight is 433 g/mol. The lowest BCUT2D eigenvalue weighted by Crippen LogP contribution is -2.40. The topological polar surface area (TPSA) is 67.2 Å². The van der Waals surface area contributed by atoms with Gasteiger partial charge in [0.25, 0.3) is 5.91 Å². The highest BCUT2D eigenvalue weighted by Crippen LogP contribution is 2.34. The molecule has 29 heavy (non-hydrogen) atoms. The predicted octanol–water partition coefficient (Wildman–Crippen LogP) is 3.78. The molecule has 4 rings (SSSR count). The summed E-state index contributed by atoms with van der Waals surface area (Å²) in [5.74, 6) is 1.16. The predicted molar refractivity (Wildman–Crippen MR) is 117 cm³/mol. The number of carbonyl (C=O) groups is 1. The Hall–Kier alpha value is -2.03. The lowest BCUT2D eigenvalue weighted by atomic mass is 10.2. The molecule has 0 bridgehead atoms. The fourth-order valence-electron chi connectivity index (χ4n) is 3.70. The number of aromatic nitrogens is 4. The lowest BCUT2D eigenvalue weighted by Gasteiger charge is -2.24. The Balaban J connectivity index is 1.72. The van der Waals surface area contributed by atoms with Crippen LogP contribution in [0.15, 0.2) is 12.1 Å². The molecule has 0 spiro atoms. The number of likely N-dealkylation sites (N-methyl/N-ethyl adjacent to an activating group) is 1. The molecule has 0 saturated carbocycles. The summed E-state index contributed by atoms with van der Waals surface area (Å²) in [4.78, 5) is 22.4. The SMILES string of the molecule is CCN(CC)CCN(C(=O)c1nnc2n1CCC2)c1nc2c(C)c(Cl)ccc2s1. The Labute approximate surface area is 179 Å². The van der Waals surface area contributed by atoms with E-state index in [9.17, 15) is 4.79 Å². The van der Waals surface area contributed by atoms with E-state index in [0.29, 0.717) is 22.5 Å². The summed E-state index contributed by atoms with van der Waals surface area (Å²) >= 11 is 7.79. The van der Waals surface area contributed by atoms with Crippen molar-refractivity contribution in [3.8, 4) is 0 Å². The first-order chi connectivity index (χ1) is 14.0. The normalized spacial score (nSPS) is 13.4. The highest BCUT2D eigenvalue weighted by atomic mass is 35.5. The van der Waals surface area contributed by atoms with Gasteiger partial charge in [0, 0.05) is 31.1 Å². The minimum absolute atomic E-state index is 0.138. The van der Waals surface area contributed by atoms with Gasteiger partial charge in [-0.05, 0) is 44.1 Å². The second kappa shape index (κ2) is 8.38. The van der Waals surface area contributed by atoms with E-state index in [1.165, 1.54) is 11.3 Å². The van der Waals surface area contributed by atoms with Crippen LogP contribution in [-0.4, -0.2) is 56.7 Å². The molecule has 3 heterocycles. The molecule has 0 N–H and O–H groups in total. The van der Waals surface area contributed by atoms with Crippen molar-refractivity contribution >= 4 is 44.2 Å². The van der Waals surface area contributed by atoms with Crippen LogP contribution >= 0.6 is 22.9 Å². The van der Waals surface area contributed by atoms with Gasteiger partial charge in [-0.3, -0.25) is 9.69 Å². The molecule has 9 heteroatoms. The van der Waals surface area contributed by atoms with Crippen molar-refractivity contribution in [3.05, 3.63) is 34.4 Å². The fourth-order valence-corrected chi connectivity index (χ4v) is 4.90. The second-order valence-electron chi connectivity index (χ2n) is 7.19. The highest BCUT2D eigenvalue weighted by Gasteiger charge is 2.29. The number of rotatable bonds is 7. The molecule has 1 amide bonds. The van der Waals surface area contributed by atoms with Gasteiger partial charge in [-0.2, -0.15) is 0 Å². The smallest absolute Gasteiger partial charge is 0.298 e. The van der Waals surface area contributed by atoms with E-state index in [-0.39, 0.29) is 5.91 Å². The Morgan fingerprint density at radius 1 is 1.24 bits per heavy atom. The van der Waals surface area contributed by atoms with Gasteiger partial charge in [-0.25, -0.2) is 4.98 Å². The van der Waals surface area contributed by atoms with Gasteiger partial charge in [0.15, 0.2) is 5.13 Å². The van der Waals surface area contributed by atoms with Gasteiger partial charge in [0.2, 0.25) is 5.82 Å². The van der Waals surface area contributed by atoms with E-state index in [0.717, 1.165) is 60.6 Å². The molecule has 0 saturated heterocycles. The molecule has 1 aliphatic heterocycles. The maximum absolute atomic E-state index is 13.5. The summed E-state index contributed by atoms with van der Waals surface area (Å²) in [5.41, 5.74) is 1.79. The zero-order valence-corrected chi connectivity index (χ0v) is 18.6. The van der Waals surface area contributed by atoms with Gasteiger partial charge >= 0.3 is 0 Å². The third kappa shape index (κ3) is 3.76. The molecular weight excluding hydrogens is 408 g/mol. The number of fused-ring (bicyclic) bond motifs is 2. The summed E-state index contributed by atoms with van der Waals surface area (Å²) in [6.07, 6.45) is 1.88. The molecule has 1 aliphatic rings. The quantitative estimate of drug-likeness (QED) is 0.568. The molecular formula is C20H25ClN6OS. The Bertz CT molecular complexity index is 1040. The first-order valence-electron chi connectivity index (χ1n) is 10.0. The largest absolute Gasteiger partial charge is 0.307 e. The van der Waals surface area contributed by atoms with Gasteiger partial charge < -0.3 is 9.47 Å². The minimum Gasteiger partial charge on any atom is -0.307 e. The highest BCUT2D eigenvalue weighted by molar-refractivity contribution is 7.22. The van der Waals surface area contributed by atoms with Crippen molar-refractivity contribution in [2.75, 3.05) is 31.1 Å². The van der Waals surface area contributed by atoms with Crippen molar-refractivity contribution in [2.45, 2.75) is 40.2 Å². The molecule has 7 nitrogen and oxygen atoms in total. The molecule has 2 aromatic heterocycles. The second-order valence-corrected chi connectivity index (χ2v) is 8.61. The number of hydrogen-bond donors (Lipinski definition) is 0. The number of amides is 1. The van der Waals surface area contributed by atoms with Gasteiger partial charge in [-0.1, -0.05) is 36.8 Å². The number of benzene rings is 1. The first kappa shape index (κ1) is 20.3. The van der Waals surface area contributed by atoms with Crippen LogP contribution < -0.4 is 4.90 Å². The number of thiazole rings is 1. The zero-order chi connectivity index (χ0) is 20.5. The van der Waals surface area contributed by atoms with Gasteiger partial charge in [0.1, 0.15) is 5.82 Å². The number of anilines is 1. The Morgan fingerprint density at radius 3 is 2.79 bits per heavy atom.